The summed E-state index contributed by atoms with van der Waals surface area (Å²) in [6, 6.07) is 6.95. The molecule has 5 nitrogen and oxygen atoms in total. The topological polar surface area (TPSA) is 67.2 Å². The summed E-state index contributed by atoms with van der Waals surface area (Å²) in [5.41, 5.74) is 2.10. The normalized spacial score (nSPS) is 9.79. The van der Waals surface area contributed by atoms with E-state index >= 15 is 0 Å². The molecule has 2 aromatic rings. The third-order valence-corrected chi connectivity index (χ3v) is 2.71. The van der Waals surface area contributed by atoms with Crippen LogP contribution in [0.25, 0.3) is 0 Å². The van der Waals surface area contributed by atoms with Gasteiger partial charge in [0.25, 0.3) is 0 Å². The fraction of sp³-hybridized carbons (Fsp3) is 0.231. The van der Waals surface area contributed by atoms with Crippen LogP contribution in [-0.4, -0.2) is 20.9 Å². The summed E-state index contributed by atoms with van der Waals surface area (Å²) in [5, 5.41) is 16.5. The predicted molar refractivity (Wildman–Crippen MR) is 75.9 cm³/mol. The van der Waals surface area contributed by atoms with Gasteiger partial charge < -0.3 is 10.4 Å². The van der Waals surface area contributed by atoms with E-state index in [-0.39, 0.29) is 12.4 Å². The first-order valence-electron chi connectivity index (χ1n) is 5.63. The zero-order chi connectivity index (χ0) is 13.1. The van der Waals surface area contributed by atoms with Crippen LogP contribution in [0.3, 0.4) is 0 Å². The molecule has 0 aliphatic heterocycles. The first-order chi connectivity index (χ1) is 8.58. The fourth-order valence-electron chi connectivity index (χ4n) is 1.84. The van der Waals surface area contributed by atoms with Gasteiger partial charge in [-0.25, -0.2) is 4.79 Å². The van der Waals surface area contributed by atoms with Crippen LogP contribution in [0.2, 0.25) is 0 Å². The Labute approximate surface area is 117 Å². The van der Waals surface area contributed by atoms with E-state index in [1.807, 2.05) is 26.2 Å². The SMILES string of the molecule is Cc1cn(C)nc1NCc1ccccc1C(=O)O.Cl. The van der Waals surface area contributed by atoms with E-state index in [1.54, 1.807) is 22.9 Å². The maximum Gasteiger partial charge on any atom is 0.336 e. The molecule has 0 aliphatic rings. The second-order valence-corrected chi connectivity index (χ2v) is 4.15. The number of carboxylic acids is 1. The van der Waals surface area contributed by atoms with Crippen LogP contribution in [0, 0.1) is 6.92 Å². The molecule has 19 heavy (non-hydrogen) atoms. The molecule has 0 spiro atoms. The molecule has 0 unspecified atom stereocenters. The van der Waals surface area contributed by atoms with Crippen LogP contribution >= 0.6 is 12.4 Å². The number of benzene rings is 1. The van der Waals surface area contributed by atoms with Crippen molar-refractivity contribution in [3.8, 4) is 0 Å². The summed E-state index contributed by atoms with van der Waals surface area (Å²) in [5.74, 6) is -0.136. The smallest absolute Gasteiger partial charge is 0.336 e. The molecule has 0 atom stereocenters. The van der Waals surface area contributed by atoms with Crippen LogP contribution in [0.4, 0.5) is 5.82 Å². The number of aryl methyl sites for hydroxylation is 2. The number of halogens is 1. The highest BCUT2D eigenvalue weighted by Crippen LogP contribution is 2.14. The predicted octanol–water partition coefficient (Wildman–Crippen LogP) is 2.46. The Bertz CT molecular complexity index is 581. The van der Waals surface area contributed by atoms with Gasteiger partial charge in [0, 0.05) is 25.4 Å². The molecular weight excluding hydrogens is 266 g/mol. The highest BCUT2D eigenvalue weighted by Gasteiger charge is 2.09. The lowest BCUT2D eigenvalue weighted by atomic mass is 10.1. The monoisotopic (exact) mass is 281 g/mol. The van der Waals surface area contributed by atoms with Crippen molar-refractivity contribution in [1.29, 1.82) is 0 Å². The number of nitrogens with zero attached hydrogens (tertiary/aromatic N) is 2. The molecule has 102 valence electrons. The summed E-state index contributed by atoms with van der Waals surface area (Å²) in [6.45, 7) is 2.40. The molecule has 2 N–H and O–H groups in total. The Kier molecular flexibility index (Phi) is 4.94. The second-order valence-electron chi connectivity index (χ2n) is 4.15. The number of carboxylic acid groups (broad SMARTS) is 1. The molecule has 2 rings (SSSR count). The van der Waals surface area contributed by atoms with Gasteiger partial charge in [-0.1, -0.05) is 18.2 Å². The van der Waals surface area contributed by atoms with E-state index in [0.717, 1.165) is 16.9 Å². The molecule has 0 aliphatic carbocycles. The maximum atomic E-state index is 11.1. The summed E-state index contributed by atoms with van der Waals surface area (Å²) in [6.07, 6.45) is 1.91. The third-order valence-electron chi connectivity index (χ3n) is 2.71. The van der Waals surface area contributed by atoms with Crippen molar-refractivity contribution in [1.82, 2.24) is 9.78 Å². The van der Waals surface area contributed by atoms with Gasteiger partial charge in [-0.2, -0.15) is 5.10 Å². The number of rotatable bonds is 4. The van der Waals surface area contributed by atoms with E-state index in [9.17, 15) is 4.79 Å². The van der Waals surface area contributed by atoms with Crippen molar-refractivity contribution in [3.05, 3.63) is 47.2 Å². The highest BCUT2D eigenvalue weighted by molar-refractivity contribution is 5.89. The zero-order valence-electron chi connectivity index (χ0n) is 10.8. The summed E-state index contributed by atoms with van der Waals surface area (Å²) >= 11 is 0. The summed E-state index contributed by atoms with van der Waals surface area (Å²) in [4.78, 5) is 11.1. The molecule has 0 saturated heterocycles. The standard InChI is InChI=1S/C13H15N3O2.ClH/c1-9-8-16(2)15-12(9)14-7-10-5-3-4-6-11(10)13(17)18;/h3-6,8H,7H2,1-2H3,(H,14,15)(H,17,18);1H. The Morgan fingerprint density at radius 3 is 2.68 bits per heavy atom. The van der Waals surface area contributed by atoms with Crippen molar-refractivity contribution >= 4 is 24.2 Å². The summed E-state index contributed by atoms with van der Waals surface area (Å²) < 4.78 is 1.72. The molecule has 0 fully saturated rings. The van der Waals surface area contributed by atoms with E-state index < -0.39 is 5.97 Å². The minimum atomic E-state index is -0.912. The Morgan fingerprint density at radius 1 is 1.42 bits per heavy atom. The Hall–Kier alpha value is -2.01. The largest absolute Gasteiger partial charge is 0.478 e. The first kappa shape index (κ1) is 15.0. The molecule has 1 aromatic heterocycles. The highest BCUT2D eigenvalue weighted by atomic mass is 35.5. The average molecular weight is 282 g/mol. The molecule has 6 heteroatoms. The molecule has 0 amide bonds. The lowest BCUT2D eigenvalue weighted by Gasteiger charge is -2.07. The van der Waals surface area contributed by atoms with Crippen molar-refractivity contribution in [2.24, 2.45) is 7.05 Å². The first-order valence-corrected chi connectivity index (χ1v) is 5.63. The third kappa shape index (κ3) is 3.48. The molecule has 0 bridgehead atoms. The molecule has 0 saturated carbocycles. The van der Waals surface area contributed by atoms with Crippen molar-refractivity contribution < 1.29 is 9.90 Å². The van der Waals surface area contributed by atoms with Crippen LogP contribution in [-0.2, 0) is 13.6 Å². The maximum absolute atomic E-state index is 11.1. The quantitative estimate of drug-likeness (QED) is 0.903. The minimum absolute atomic E-state index is 0. The Balaban J connectivity index is 0.00000180. The number of hydrogen-bond acceptors (Lipinski definition) is 3. The Morgan fingerprint density at radius 2 is 2.11 bits per heavy atom. The van der Waals surface area contributed by atoms with Crippen LogP contribution < -0.4 is 5.32 Å². The number of aromatic nitrogens is 2. The lowest BCUT2D eigenvalue weighted by Crippen LogP contribution is -2.08. The van der Waals surface area contributed by atoms with Crippen LogP contribution in [0.1, 0.15) is 21.5 Å². The van der Waals surface area contributed by atoms with Gasteiger partial charge >= 0.3 is 5.97 Å². The molecule has 1 heterocycles. The minimum Gasteiger partial charge on any atom is -0.478 e. The molecular formula is C13H16ClN3O2. The number of nitrogens with one attached hydrogen (secondary N) is 1. The van der Waals surface area contributed by atoms with E-state index in [0.29, 0.717) is 12.1 Å². The number of aromatic carboxylic acids is 1. The van der Waals surface area contributed by atoms with E-state index in [2.05, 4.69) is 10.4 Å². The number of carbonyl (C=O) groups is 1. The second kappa shape index (κ2) is 6.24. The van der Waals surface area contributed by atoms with Gasteiger partial charge in [0.1, 0.15) is 0 Å². The van der Waals surface area contributed by atoms with Crippen molar-refractivity contribution in [3.63, 3.8) is 0 Å². The van der Waals surface area contributed by atoms with Gasteiger partial charge in [0.2, 0.25) is 0 Å². The summed E-state index contributed by atoms with van der Waals surface area (Å²) in [7, 11) is 1.85. The molecule has 0 radical (unpaired) electrons. The fourth-order valence-corrected chi connectivity index (χ4v) is 1.84. The van der Waals surface area contributed by atoms with Crippen molar-refractivity contribution in [2.75, 3.05) is 5.32 Å². The van der Waals surface area contributed by atoms with Gasteiger partial charge in [0.05, 0.1) is 5.56 Å². The van der Waals surface area contributed by atoms with E-state index in [4.69, 9.17) is 5.11 Å². The van der Waals surface area contributed by atoms with Crippen LogP contribution in [0.5, 0.6) is 0 Å². The van der Waals surface area contributed by atoms with Gasteiger partial charge in [-0.05, 0) is 18.6 Å². The zero-order valence-corrected chi connectivity index (χ0v) is 11.6. The van der Waals surface area contributed by atoms with E-state index in [1.165, 1.54) is 0 Å². The molecule has 1 aromatic carbocycles. The van der Waals surface area contributed by atoms with Gasteiger partial charge in [0.15, 0.2) is 5.82 Å². The number of anilines is 1. The van der Waals surface area contributed by atoms with Gasteiger partial charge in [-0.3, -0.25) is 4.68 Å². The lowest BCUT2D eigenvalue weighted by molar-refractivity contribution is 0.0696. The average Bonchev–Trinajstić information content (AvgIpc) is 2.65. The van der Waals surface area contributed by atoms with Crippen LogP contribution in [0.15, 0.2) is 30.5 Å². The number of hydrogen-bond donors (Lipinski definition) is 2. The van der Waals surface area contributed by atoms with Gasteiger partial charge in [-0.15, -0.1) is 12.4 Å². The van der Waals surface area contributed by atoms with Crippen molar-refractivity contribution in [2.45, 2.75) is 13.5 Å².